The molecular weight excluding hydrogens is 314 g/mol. The lowest BCUT2D eigenvalue weighted by Gasteiger charge is -2.36. The highest BCUT2D eigenvalue weighted by molar-refractivity contribution is 7.08. The van der Waals surface area contributed by atoms with Crippen molar-refractivity contribution in [3.05, 3.63) is 22.4 Å². The van der Waals surface area contributed by atoms with E-state index in [0.717, 1.165) is 12.0 Å². The molecule has 3 rings (SSSR count). The van der Waals surface area contributed by atoms with Gasteiger partial charge in [-0.25, -0.2) is 0 Å². The van der Waals surface area contributed by atoms with Crippen LogP contribution in [0.2, 0.25) is 0 Å². The molecule has 0 saturated carbocycles. The van der Waals surface area contributed by atoms with Gasteiger partial charge < -0.3 is 20.3 Å². The fourth-order valence-corrected chi connectivity index (χ4v) is 3.79. The molecule has 2 saturated heterocycles. The fourth-order valence-electron chi connectivity index (χ4n) is 3.16. The van der Waals surface area contributed by atoms with E-state index in [1.165, 1.54) is 11.3 Å². The summed E-state index contributed by atoms with van der Waals surface area (Å²) in [7, 11) is 0. The van der Waals surface area contributed by atoms with E-state index in [0.29, 0.717) is 52.2 Å². The Morgan fingerprint density at radius 1 is 1.13 bits per heavy atom. The Labute approximate surface area is 140 Å². The van der Waals surface area contributed by atoms with Gasteiger partial charge in [-0.05, 0) is 30.7 Å². The Balaban J connectivity index is 1.62. The molecule has 2 N–H and O–H groups in total. The van der Waals surface area contributed by atoms with Gasteiger partial charge in [0.1, 0.15) is 0 Å². The second-order valence-corrected chi connectivity index (χ2v) is 7.00. The molecule has 2 amide bonds. The molecule has 2 aliphatic heterocycles. The number of carbonyl (C=O) groups is 2. The van der Waals surface area contributed by atoms with Gasteiger partial charge in [0.2, 0.25) is 5.91 Å². The average Bonchev–Trinajstić information content (AvgIpc) is 2.99. The molecule has 0 unspecified atom stereocenters. The van der Waals surface area contributed by atoms with Crippen LogP contribution in [0.5, 0.6) is 0 Å². The van der Waals surface area contributed by atoms with Gasteiger partial charge in [-0.1, -0.05) is 0 Å². The van der Waals surface area contributed by atoms with E-state index in [9.17, 15) is 9.59 Å². The minimum absolute atomic E-state index is 0.00522. The van der Waals surface area contributed by atoms with Gasteiger partial charge in [0.15, 0.2) is 0 Å². The molecule has 1 aromatic rings. The molecule has 0 radical (unpaired) electrons. The topological polar surface area (TPSA) is 75.9 Å². The molecule has 7 heteroatoms. The standard InChI is InChI=1S/C16H23N3O3S/c17-16(3-9-22-10-4-16)15(21)19-6-1-5-18(7-8-19)14(20)13-2-11-23-12-13/h2,11-12H,1,3-10,17H2. The van der Waals surface area contributed by atoms with Crippen LogP contribution in [0, 0.1) is 0 Å². The first-order valence-corrected chi connectivity index (χ1v) is 9.02. The molecule has 2 aliphatic rings. The van der Waals surface area contributed by atoms with Crippen molar-refractivity contribution in [2.45, 2.75) is 24.8 Å². The molecule has 3 heterocycles. The van der Waals surface area contributed by atoms with Crippen molar-refractivity contribution in [2.75, 3.05) is 39.4 Å². The van der Waals surface area contributed by atoms with Crippen LogP contribution >= 0.6 is 11.3 Å². The molecular formula is C16H23N3O3S. The lowest BCUT2D eigenvalue weighted by molar-refractivity contribution is -0.140. The van der Waals surface area contributed by atoms with Crippen LogP contribution in [0.3, 0.4) is 0 Å². The number of ether oxygens (including phenoxy) is 1. The van der Waals surface area contributed by atoms with E-state index in [1.807, 2.05) is 26.6 Å². The van der Waals surface area contributed by atoms with Gasteiger partial charge in [-0.3, -0.25) is 9.59 Å². The number of nitrogens with zero attached hydrogens (tertiary/aromatic N) is 2. The third-order valence-corrected chi connectivity index (χ3v) is 5.33. The predicted octanol–water partition coefficient (Wildman–Crippen LogP) is 0.931. The lowest BCUT2D eigenvalue weighted by Crippen LogP contribution is -2.58. The van der Waals surface area contributed by atoms with Gasteiger partial charge in [0.05, 0.1) is 11.1 Å². The third-order valence-electron chi connectivity index (χ3n) is 4.65. The van der Waals surface area contributed by atoms with E-state index in [2.05, 4.69) is 0 Å². The van der Waals surface area contributed by atoms with E-state index in [1.54, 1.807) is 0 Å². The van der Waals surface area contributed by atoms with Crippen molar-refractivity contribution in [1.82, 2.24) is 9.80 Å². The molecule has 126 valence electrons. The van der Waals surface area contributed by atoms with E-state index >= 15 is 0 Å². The van der Waals surface area contributed by atoms with E-state index < -0.39 is 5.54 Å². The highest BCUT2D eigenvalue weighted by Gasteiger charge is 2.39. The summed E-state index contributed by atoms with van der Waals surface area (Å²) in [4.78, 5) is 28.9. The first-order valence-electron chi connectivity index (χ1n) is 8.08. The van der Waals surface area contributed by atoms with Crippen LogP contribution < -0.4 is 5.73 Å². The van der Waals surface area contributed by atoms with Gasteiger partial charge in [0, 0.05) is 44.8 Å². The molecule has 0 aliphatic carbocycles. The minimum Gasteiger partial charge on any atom is -0.381 e. The van der Waals surface area contributed by atoms with Gasteiger partial charge >= 0.3 is 0 Å². The summed E-state index contributed by atoms with van der Waals surface area (Å²) < 4.78 is 5.31. The second-order valence-electron chi connectivity index (χ2n) is 6.22. The summed E-state index contributed by atoms with van der Waals surface area (Å²) in [6.07, 6.45) is 1.92. The van der Waals surface area contributed by atoms with Crippen molar-refractivity contribution < 1.29 is 14.3 Å². The first-order chi connectivity index (χ1) is 11.1. The normalized spacial score (nSPS) is 21.8. The Bertz CT molecular complexity index is 555. The number of carbonyl (C=O) groups excluding carboxylic acids is 2. The van der Waals surface area contributed by atoms with Gasteiger partial charge in [0.25, 0.3) is 5.91 Å². The zero-order valence-electron chi connectivity index (χ0n) is 13.2. The van der Waals surface area contributed by atoms with Crippen LogP contribution in [-0.4, -0.2) is 66.5 Å². The molecule has 1 aromatic heterocycles. The summed E-state index contributed by atoms with van der Waals surface area (Å²) in [6, 6.07) is 1.84. The average molecular weight is 337 g/mol. The lowest BCUT2D eigenvalue weighted by atomic mass is 9.89. The van der Waals surface area contributed by atoms with Crippen molar-refractivity contribution in [2.24, 2.45) is 5.73 Å². The maximum atomic E-state index is 12.8. The quantitative estimate of drug-likeness (QED) is 0.871. The smallest absolute Gasteiger partial charge is 0.254 e. The molecule has 6 nitrogen and oxygen atoms in total. The number of hydrogen-bond donors (Lipinski definition) is 1. The molecule has 0 atom stereocenters. The van der Waals surface area contributed by atoms with Crippen LogP contribution in [0.25, 0.3) is 0 Å². The van der Waals surface area contributed by atoms with E-state index in [4.69, 9.17) is 10.5 Å². The zero-order valence-corrected chi connectivity index (χ0v) is 14.0. The number of hydrogen-bond acceptors (Lipinski definition) is 5. The Hall–Kier alpha value is -1.44. The highest BCUT2D eigenvalue weighted by atomic mass is 32.1. The van der Waals surface area contributed by atoms with Crippen LogP contribution in [0.15, 0.2) is 16.8 Å². The molecule has 2 fully saturated rings. The van der Waals surface area contributed by atoms with Gasteiger partial charge in [-0.2, -0.15) is 11.3 Å². The van der Waals surface area contributed by atoms with Crippen molar-refractivity contribution >= 4 is 23.2 Å². The minimum atomic E-state index is -0.801. The van der Waals surface area contributed by atoms with Crippen LogP contribution in [0.4, 0.5) is 0 Å². The molecule has 0 aromatic carbocycles. The molecule has 0 bridgehead atoms. The second kappa shape index (κ2) is 6.98. The SMILES string of the molecule is NC1(C(=O)N2CCCN(C(=O)c3ccsc3)CC2)CCOCC1. The highest BCUT2D eigenvalue weighted by Crippen LogP contribution is 2.22. The van der Waals surface area contributed by atoms with Crippen molar-refractivity contribution in [3.8, 4) is 0 Å². The third kappa shape index (κ3) is 3.57. The van der Waals surface area contributed by atoms with Crippen LogP contribution in [0.1, 0.15) is 29.6 Å². The maximum absolute atomic E-state index is 12.8. The monoisotopic (exact) mass is 337 g/mol. The predicted molar refractivity (Wildman–Crippen MR) is 88.4 cm³/mol. The Morgan fingerprint density at radius 2 is 1.83 bits per heavy atom. The van der Waals surface area contributed by atoms with E-state index in [-0.39, 0.29) is 11.8 Å². The number of thiophene rings is 1. The summed E-state index contributed by atoms with van der Waals surface area (Å²) >= 11 is 1.52. The maximum Gasteiger partial charge on any atom is 0.254 e. The van der Waals surface area contributed by atoms with Crippen molar-refractivity contribution in [1.29, 1.82) is 0 Å². The summed E-state index contributed by atoms with van der Waals surface area (Å²) in [5.41, 5.74) is 6.24. The Morgan fingerprint density at radius 3 is 2.52 bits per heavy atom. The summed E-state index contributed by atoms with van der Waals surface area (Å²) in [5, 5.41) is 3.78. The molecule has 0 spiro atoms. The largest absolute Gasteiger partial charge is 0.381 e. The molecule has 23 heavy (non-hydrogen) atoms. The van der Waals surface area contributed by atoms with Crippen molar-refractivity contribution in [3.63, 3.8) is 0 Å². The van der Waals surface area contributed by atoms with Gasteiger partial charge in [-0.15, -0.1) is 0 Å². The number of rotatable bonds is 2. The fraction of sp³-hybridized carbons (Fsp3) is 0.625. The zero-order chi connectivity index (χ0) is 16.3. The summed E-state index contributed by atoms with van der Waals surface area (Å²) in [6.45, 7) is 3.53. The number of amides is 2. The van der Waals surface area contributed by atoms with Crippen LogP contribution in [-0.2, 0) is 9.53 Å². The first kappa shape index (κ1) is 16.4. The number of nitrogens with two attached hydrogens (primary N) is 1. The summed E-state index contributed by atoms with van der Waals surface area (Å²) in [5.74, 6) is 0.0553. The Kier molecular flexibility index (Phi) is 4.99.